The Kier molecular flexibility index (Phi) is 7.04. The molecule has 0 spiro atoms. The molecule has 0 saturated carbocycles. The van der Waals surface area contributed by atoms with Crippen LogP contribution in [0.4, 0.5) is 5.13 Å². The van der Waals surface area contributed by atoms with Crippen molar-refractivity contribution in [3.8, 4) is 0 Å². The molecule has 1 aliphatic heterocycles. The lowest BCUT2D eigenvalue weighted by Crippen LogP contribution is -2.11. The molecule has 5 nitrogen and oxygen atoms in total. The Labute approximate surface area is 142 Å². The van der Waals surface area contributed by atoms with Crippen LogP contribution in [0.2, 0.25) is 0 Å². The van der Waals surface area contributed by atoms with Gasteiger partial charge in [0.25, 0.3) is 0 Å². The van der Waals surface area contributed by atoms with Crippen LogP contribution in [0.1, 0.15) is 47.5 Å². The van der Waals surface area contributed by atoms with Crippen LogP contribution in [0.5, 0.6) is 0 Å². The fourth-order valence-electron chi connectivity index (χ4n) is 2.14. The molecule has 1 saturated heterocycles. The number of carbonyl (C=O) groups is 2. The van der Waals surface area contributed by atoms with Crippen LogP contribution in [0, 0.1) is 6.92 Å². The van der Waals surface area contributed by atoms with Crippen molar-refractivity contribution in [3.63, 3.8) is 0 Å². The number of ether oxygens (including phenoxy) is 1. The summed E-state index contributed by atoms with van der Waals surface area (Å²) in [7, 11) is 5.26. The first-order valence-corrected chi connectivity index (χ1v) is 10.4. The summed E-state index contributed by atoms with van der Waals surface area (Å²) in [5, 5.41) is 3.99. The zero-order chi connectivity index (χ0) is 15.9. The summed E-state index contributed by atoms with van der Waals surface area (Å²) in [6, 6.07) is 0. The van der Waals surface area contributed by atoms with E-state index in [0.29, 0.717) is 22.1 Å². The van der Waals surface area contributed by atoms with E-state index in [1.165, 1.54) is 25.7 Å². The summed E-state index contributed by atoms with van der Waals surface area (Å²) in [5.74, 6) is 0.794. The number of unbranched alkanes of at least 4 members (excludes halogenated alkanes) is 1. The Morgan fingerprint density at radius 3 is 2.91 bits per heavy atom. The number of methoxy groups -OCH3 is 1. The third-order valence-electron chi connectivity index (χ3n) is 3.32. The smallest absolute Gasteiger partial charge is 0.350 e. The van der Waals surface area contributed by atoms with Crippen molar-refractivity contribution in [1.82, 2.24) is 4.98 Å². The van der Waals surface area contributed by atoms with E-state index in [9.17, 15) is 9.59 Å². The fourth-order valence-corrected chi connectivity index (χ4v) is 6.06. The SMILES string of the molecule is COC(=O)c1sc(NC(=O)CCCC[C@H]2CCSS2)nc1C. The molecule has 1 aromatic heterocycles. The van der Waals surface area contributed by atoms with Crippen molar-refractivity contribution < 1.29 is 14.3 Å². The fraction of sp³-hybridized carbons (Fsp3) is 0.643. The minimum Gasteiger partial charge on any atom is -0.465 e. The molecule has 0 bridgehead atoms. The van der Waals surface area contributed by atoms with Gasteiger partial charge in [-0.3, -0.25) is 4.79 Å². The maximum atomic E-state index is 11.9. The maximum Gasteiger partial charge on any atom is 0.350 e. The first-order valence-electron chi connectivity index (χ1n) is 7.24. The number of nitrogens with zero attached hydrogens (tertiary/aromatic N) is 1. The number of esters is 1. The van der Waals surface area contributed by atoms with E-state index in [0.717, 1.165) is 29.4 Å². The van der Waals surface area contributed by atoms with Gasteiger partial charge in [0.2, 0.25) is 5.91 Å². The van der Waals surface area contributed by atoms with Crippen molar-refractivity contribution in [2.45, 2.75) is 44.3 Å². The standard InChI is InChI=1S/C14H20N2O3S3/c1-9-12(13(18)19-2)21-14(15-9)16-11(17)6-4-3-5-10-7-8-20-22-10/h10H,3-8H2,1-2H3,(H,15,16,17)/t10-/m0/s1. The van der Waals surface area contributed by atoms with Crippen molar-refractivity contribution in [2.75, 3.05) is 18.2 Å². The minimum atomic E-state index is -0.414. The van der Waals surface area contributed by atoms with Crippen LogP contribution in [0.25, 0.3) is 0 Å². The summed E-state index contributed by atoms with van der Waals surface area (Å²) >= 11 is 1.16. The molecule has 1 aliphatic rings. The topological polar surface area (TPSA) is 68.3 Å². The number of aromatic nitrogens is 1. The molecule has 8 heteroatoms. The molecule has 0 radical (unpaired) electrons. The quantitative estimate of drug-likeness (QED) is 0.452. The van der Waals surface area contributed by atoms with Gasteiger partial charge in [-0.05, 0) is 26.2 Å². The van der Waals surface area contributed by atoms with Gasteiger partial charge in [-0.25, -0.2) is 9.78 Å². The number of hydrogen-bond acceptors (Lipinski definition) is 7. The normalized spacial score (nSPS) is 17.5. The molecular formula is C14H20N2O3S3. The van der Waals surface area contributed by atoms with Gasteiger partial charge in [-0.15, -0.1) is 0 Å². The largest absolute Gasteiger partial charge is 0.465 e. The molecule has 0 aromatic carbocycles. The van der Waals surface area contributed by atoms with Crippen LogP contribution in [-0.2, 0) is 9.53 Å². The first kappa shape index (κ1) is 17.6. The molecular weight excluding hydrogens is 340 g/mol. The predicted molar refractivity (Wildman–Crippen MR) is 93.7 cm³/mol. The van der Waals surface area contributed by atoms with E-state index in [-0.39, 0.29) is 5.91 Å². The van der Waals surface area contributed by atoms with Crippen molar-refractivity contribution in [2.24, 2.45) is 0 Å². The predicted octanol–water partition coefficient (Wildman–Crippen LogP) is 3.89. The van der Waals surface area contributed by atoms with Crippen LogP contribution >= 0.6 is 32.9 Å². The van der Waals surface area contributed by atoms with E-state index in [1.54, 1.807) is 6.92 Å². The highest BCUT2D eigenvalue weighted by Crippen LogP contribution is 2.39. The summed E-state index contributed by atoms with van der Waals surface area (Å²) in [6.07, 6.45) is 4.94. The van der Waals surface area contributed by atoms with E-state index in [2.05, 4.69) is 15.0 Å². The molecule has 0 unspecified atom stereocenters. The number of thiazole rings is 1. The Morgan fingerprint density at radius 1 is 1.41 bits per heavy atom. The lowest BCUT2D eigenvalue weighted by Gasteiger charge is -2.06. The summed E-state index contributed by atoms with van der Waals surface area (Å²) in [4.78, 5) is 28.0. The van der Waals surface area contributed by atoms with E-state index in [4.69, 9.17) is 0 Å². The number of anilines is 1. The van der Waals surface area contributed by atoms with Gasteiger partial charge in [0.1, 0.15) is 4.88 Å². The number of aryl methyl sites for hydroxylation is 1. The van der Waals surface area contributed by atoms with Crippen molar-refractivity contribution in [1.29, 1.82) is 0 Å². The van der Waals surface area contributed by atoms with Gasteiger partial charge < -0.3 is 10.1 Å². The summed E-state index contributed by atoms with van der Waals surface area (Å²) in [6.45, 7) is 1.73. The highest BCUT2D eigenvalue weighted by Gasteiger charge is 2.18. The second-order valence-electron chi connectivity index (χ2n) is 5.05. The first-order chi connectivity index (χ1) is 10.6. The van der Waals surface area contributed by atoms with Crippen LogP contribution in [-0.4, -0.2) is 35.0 Å². The van der Waals surface area contributed by atoms with Crippen LogP contribution in [0.15, 0.2) is 0 Å². The second-order valence-corrected chi connectivity index (χ2v) is 8.83. The number of amides is 1. The highest BCUT2D eigenvalue weighted by atomic mass is 33.1. The van der Waals surface area contributed by atoms with E-state index < -0.39 is 5.97 Å². The van der Waals surface area contributed by atoms with Gasteiger partial charge >= 0.3 is 5.97 Å². The molecule has 0 aliphatic carbocycles. The number of rotatable bonds is 7. The van der Waals surface area contributed by atoms with Crippen LogP contribution < -0.4 is 5.32 Å². The van der Waals surface area contributed by atoms with Crippen molar-refractivity contribution >= 4 is 49.9 Å². The molecule has 2 rings (SSSR count). The molecule has 1 amide bonds. The monoisotopic (exact) mass is 360 g/mol. The molecule has 122 valence electrons. The van der Waals surface area contributed by atoms with Gasteiger partial charge in [-0.2, -0.15) is 0 Å². The van der Waals surface area contributed by atoms with Crippen molar-refractivity contribution in [3.05, 3.63) is 10.6 Å². The minimum absolute atomic E-state index is 0.0429. The third-order valence-corrected chi connectivity index (χ3v) is 7.38. The lowest BCUT2D eigenvalue weighted by molar-refractivity contribution is -0.116. The molecule has 1 fully saturated rings. The molecule has 1 N–H and O–H groups in total. The average Bonchev–Trinajstić information content (AvgIpc) is 3.12. The Bertz CT molecular complexity index is 527. The molecule has 22 heavy (non-hydrogen) atoms. The number of nitrogens with one attached hydrogen (secondary N) is 1. The molecule has 2 heterocycles. The second kappa shape index (κ2) is 8.79. The third kappa shape index (κ3) is 5.17. The van der Waals surface area contributed by atoms with Gasteiger partial charge in [0.05, 0.1) is 12.8 Å². The van der Waals surface area contributed by atoms with E-state index in [1.807, 2.05) is 21.6 Å². The van der Waals surface area contributed by atoms with Gasteiger partial charge in [-0.1, -0.05) is 39.3 Å². The number of carbonyl (C=O) groups excluding carboxylic acids is 2. The summed E-state index contributed by atoms with van der Waals surface area (Å²) < 4.78 is 4.68. The highest BCUT2D eigenvalue weighted by molar-refractivity contribution is 8.77. The molecule has 1 aromatic rings. The Balaban J connectivity index is 1.71. The Hall–Kier alpha value is -0.730. The van der Waals surface area contributed by atoms with Crippen LogP contribution in [0.3, 0.4) is 0 Å². The number of hydrogen-bond donors (Lipinski definition) is 1. The summed E-state index contributed by atoms with van der Waals surface area (Å²) in [5.41, 5.74) is 0.586. The maximum absolute atomic E-state index is 11.9. The van der Waals surface area contributed by atoms with E-state index >= 15 is 0 Å². The zero-order valence-corrected chi connectivity index (χ0v) is 15.2. The van der Waals surface area contributed by atoms with Gasteiger partial charge in [0.15, 0.2) is 5.13 Å². The van der Waals surface area contributed by atoms with Gasteiger partial charge in [0, 0.05) is 17.4 Å². The average molecular weight is 361 g/mol. The Morgan fingerprint density at radius 2 is 2.23 bits per heavy atom. The zero-order valence-electron chi connectivity index (χ0n) is 12.7. The molecule has 1 atom stereocenters. The lowest BCUT2D eigenvalue weighted by atomic mass is 10.1.